The molecule has 1 aromatic carbocycles. The summed E-state index contributed by atoms with van der Waals surface area (Å²) < 4.78 is 6.28. The standard InChI is InChI=1S/C20H21N3O4S/c1-3-5-11-15(24)21-18-16-14(12-28-18)17(20(26)27-4-2)22-23(19(16)25)13-9-7-6-8-10-13/h6-10,12H,3-5,11H2,1-2H3,(H,21,24). The summed E-state index contributed by atoms with van der Waals surface area (Å²) in [6, 6.07) is 8.82. The predicted octanol–water partition coefficient (Wildman–Crippen LogP) is 3.75. The number of carbonyl (C=O) groups excluding carboxylic acids is 2. The minimum atomic E-state index is -0.612. The molecule has 0 unspecified atom stereocenters. The Kier molecular flexibility index (Phi) is 6.20. The maximum atomic E-state index is 13.1. The maximum absolute atomic E-state index is 13.1. The van der Waals surface area contributed by atoms with Gasteiger partial charge in [-0.3, -0.25) is 9.59 Å². The van der Waals surface area contributed by atoms with Crippen molar-refractivity contribution in [3.8, 4) is 5.69 Å². The largest absolute Gasteiger partial charge is 0.461 e. The molecule has 0 radical (unpaired) electrons. The molecule has 0 saturated carbocycles. The van der Waals surface area contributed by atoms with Crippen molar-refractivity contribution in [2.24, 2.45) is 0 Å². The number of nitrogens with one attached hydrogen (secondary N) is 1. The molecule has 0 spiro atoms. The van der Waals surface area contributed by atoms with E-state index < -0.39 is 11.5 Å². The van der Waals surface area contributed by atoms with E-state index in [0.717, 1.165) is 12.8 Å². The average molecular weight is 399 g/mol. The molecule has 2 heterocycles. The number of nitrogens with zero attached hydrogens (tertiary/aromatic N) is 2. The lowest BCUT2D eigenvalue weighted by molar-refractivity contribution is -0.116. The second-order valence-corrected chi connectivity index (χ2v) is 7.01. The Hall–Kier alpha value is -3.00. The molecule has 0 aliphatic carbocycles. The molecule has 28 heavy (non-hydrogen) atoms. The van der Waals surface area contributed by atoms with Crippen LogP contribution in [0.3, 0.4) is 0 Å². The molecule has 0 bridgehead atoms. The molecule has 146 valence electrons. The highest BCUT2D eigenvalue weighted by Gasteiger charge is 2.23. The zero-order valence-corrected chi connectivity index (χ0v) is 16.5. The minimum absolute atomic E-state index is 0.0469. The number of unbranched alkanes of at least 4 members (excludes halogenated alkanes) is 1. The first-order valence-electron chi connectivity index (χ1n) is 9.13. The molecule has 3 rings (SSSR count). The van der Waals surface area contributed by atoms with Crippen LogP contribution in [-0.2, 0) is 9.53 Å². The Morgan fingerprint density at radius 1 is 1.21 bits per heavy atom. The van der Waals surface area contributed by atoms with Gasteiger partial charge in [0.05, 0.1) is 17.7 Å². The van der Waals surface area contributed by atoms with E-state index in [2.05, 4.69) is 10.4 Å². The third kappa shape index (κ3) is 3.96. The van der Waals surface area contributed by atoms with Gasteiger partial charge in [-0.2, -0.15) is 9.78 Å². The van der Waals surface area contributed by atoms with Crippen LogP contribution in [0.15, 0.2) is 40.5 Å². The molecule has 8 heteroatoms. The van der Waals surface area contributed by atoms with Gasteiger partial charge in [-0.05, 0) is 25.5 Å². The van der Waals surface area contributed by atoms with Crippen molar-refractivity contribution in [1.82, 2.24) is 9.78 Å². The van der Waals surface area contributed by atoms with Crippen LogP contribution >= 0.6 is 11.3 Å². The van der Waals surface area contributed by atoms with Gasteiger partial charge in [0.2, 0.25) is 5.91 Å². The topological polar surface area (TPSA) is 90.3 Å². The molecule has 3 aromatic rings. The Labute approximate surface area is 165 Å². The van der Waals surface area contributed by atoms with Gasteiger partial charge in [0.15, 0.2) is 5.69 Å². The summed E-state index contributed by atoms with van der Waals surface area (Å²) in [6.45, 7) is 3.90. The van der Waals surface area contributed by atoms with E-state index in [9.17, 15) is 14.4 Å². The molecule has 1 N–H and O–H groups in total. The van der Waals surface area contributed by atoms with E-state index in [-0.39, 0.29) is 23.6 Å². The van der Waals surface area contributed by atoms with E-state index in [1.165, 1.54) is 16.0 Å². The summed E-state index contributed by atoms with van der Waals surface area (Å²) in [5.41, 5.74) is 0.168. The van der Waals surface area contributed by atoms with Crippen molar-refractivity contribution >= 4 is 39.0 Å². The fraction of sp³-hybridized carbons (Fsp3) is 0.300. The quantitative estimate of drug-likeness (QED) is 0.611. The number of para-hydroxylation sites is 1. The van der Waals surface area contributed by atoms with Crippen LogP contribution in [0.25, 0.3) is 16.5 Å². The number of benzene rings is 1. The number of aromatic nitrogens is 2. The number of hydrogen-bond acceptors (Lipinski definition) is 6. The van der Waals surface area contributed by atoms with E-state index in [4.69, 9.17) is 4.74 Å². The van der Waals surface area contributed by atoms with Gasteiger partial charge in [0.1, 0.15) is 5.00 Å². The smallest absolute Gasteiger partial charge is 0.359 e. The van der Waals surface area contributed by atoms with Crippen LogP contribution in [0.5, 0.6) is 0 Å². The first kappa shape index (κ1) is 19.8. The van der Waals surface area contributed by atoms with Crippen molar-refractivity contribution in [1.29, 1.82) is 0 Å². The number of thiophene rings is 1. The van der Waals surface area contributed by atoms with E-state index >= 15 is 0 Å². The monoisotopic (exact) mass is 399 g/mol. The van der Waals surface area contributed by atoms with Gasteiger partial charge in [0.25, 0.3) is 5.56 Å². The number of anilines is 1. The zero-order valence-electron chi connectivity index (χ0n) is 15.7. The third-order valence-corrected chi connectivity index (χ3v) is 5.03. The average Bonchev–Trinajstić information content (AvgIpc) is 3.11. The first-order valence-corrected chi connectivity index (χ1v) is 10.0. The minimum Gasteiger partial charge on any atom is -0.461 e. The lowest BCUT2D eigenvalue weighted by Gasteiger charge is -2.09. The van der Waals surface area contributed by atoms with E-state index in [1.807, 2.05) is 13.0 Å². The fourth-order valence-corrected chi connectivity index (χ4v) is 3.72. The normalized spacial score (nSPS) is 10.8. The van der Waals surface area contributed by atoms with Gasteiger partial charge < -0.3 is 10.1 Å². The molecule has 0 aliphatic heterocycles. The van der Waals surface area contributed by atoms with Crippen LogP contribution in [0.1, 0.15) is 43.6 Å². The lowest BCUT2D eigenvalue weighted by atomic mass is 10.2. The second kappa shape index (κ2) is 8.79. The summed E-state index contributed by atoms with van der Waals surface area (Å²) in [6.07, 6.45) is 2.04. The number of hydrogen-bond donors (Lipinski definition) is 1. The van der Waals surface area contributed by atoms with Gasteiger partial charge in [-0.1, -0.05) is 31.5 Å². The van der Waals surface area contributed by atoms with Crippen LogP contribution in [0.4, 0.5) is 5.00 Å². The summed E-state index contributed by atoms with van der Waals surface area (Å²) in [7, 11) is 0. The maximum Gasteiger partial charge on any atom is 0.359 e. The van der Waals surface area contributed by atoms with Crippen molar-refractivity contribution < 1.29 is 14.3 Å². The summed E-state index contributed by atoms with van der Waals surface area (Å²) in [4.78, 5) is 37.8. The predicted molar refractivity (Wildman–Crippen MR) is 109 cm³/mol. The first-order chi connectivity index (χ1) is 13.6. The second-order valence-electron chi connectivity index (χ2n) is 6.13. The van der Waals surface area contributed by atoms with Crippen LogP contribution < -0.4 is 10.9 Å². The highest BCUT2D eigenvalue weighted by Crippen LogP contribution is 2.30. The number of esters is 1. The number of ether oxygens (including phenoxy) is 1. The molecule has 1 amide bonds. The molecule has 0 aliphatic rings. The summed E-state index contributed by atoms with van der Waals surface area (Å²) >= 11 is 1.20. The zero-order chi connectivity index (χ0) is 20.1. The van der Waals surface area contributed by atoms with E-state index in [1.54, 1.807) is 36.6 Å². The number of carbonyl (C=O) groups is 2. The van der Waals surface area contributed by atoms with Gasteiger partial charge >= 0.3 is 5.97 Å². The SMILES string of the molecule is CCCCC(=O)Nc1scc2c(C(=O)OCC)nn(-c3ccccc3)c(=O)c12. The molecule has 0 atom stereocenters. The van der Waals surface area contributed by atoms with Crippen molar-refractivity contribution in [3.63, 3.8) is 0 Å². The Balaban J connectivity index is 2.18. The van der Waals surface area contributed by atoms with Crippen LogP contribution in [0.2, 0.25) is 0 Å². The van der Waals surface area contributed by atoms with E-state index in [0.29, 0.717) is 22.5 Å². The van der Waals surface area contributed by atoms with Crippen LogP contribution in [-0.4, -0.2) is 28.3 Å². The lowest BCUT2D eigenvalue weighted by Crippen LogP contribution is -2.25. The van der Waals surface area contributed by atoms with Gasteiger partial charge in [0, 0.05) is 17.2 Å². The highest BCUT2D eigenvalue weighted by atomic mass is 32.1. The molecule has 2 aromatic heterocycles. The molecule has 0 saturated heterocycles. The molecular weight excluding hydrogens is 378 g/mol. The fourth-order valence-electron chi connectivity index (χ4n) is 2.76. The van der Waals surface area contributed by atoms with Crippen molar-refractivity contribution in [2.45, 2.75) is 33.1 Å². The number of rotatable bonds is 7. The van der Waals surface area contributed by atoms with Gasteiger partial charge in [-0.15, -0.1) is 11.3 Å². The Morgan fingerprint density at radius 3 is 2.64 bits per heavy atom. The van der Waals surface area contributed by atoms with Crippen molar-refractivity contribution in [3.05, 3.63) is 51.8 Å². The molecule has 7 nitrogen and oxygen atoms in total. The number of amides is 1. The third-order valence-electron chi connectivity index (χ3n) is 4.13. The molecular formula is C20H21N3O4S. The molecule has 0 fully saturated rings. The Bertz CT molecular complexity index is 1060. The number of fused-ring (bicyclic) bond motifs is 1. The summed E-state index contributed by atoms with van der Waals surface area (Å²) in [5.74, 6) is -0.774. The summed E-state index contributed by atoms with van der Waals surface area (Å²) in [5, 5.41) is 9.77. The highest BCUT2D eigenvalue weighted by molar-refractivity contribution is 7.16. The van der Waals surface area contributed by atoms with Gasteiger partial charge in [-0.25, -0.2) is 4.79 Å². The van der Waals surface area contributed by atoms with Crippen LogP contribution in [0, 0.1) is 0 Å². The van der Waals surface area contributed by atoms with Crippen molar-refractivity contribution in [2.75, 3.05) is 11.9 Å². The Morgan fingerprint density at radius 2 is 1.96 bits per heavy atom.